The van der Waals surface area contributed by atoms with E-state index < -0.39 is 0 Å². The Morgan fingerprint density at radius 2 is 1.33 bits per heavy atom. The van der Waals surface area contributed by atoms with Gasteiger partial charge in [0.05, 0.1) is 13.2 Å². The molecule has 0 spiro atoms. The van der Waals surface area contributed by atoms with Crippen molar-refractivity contribution < 1.29 is 9.47 Å². The molecule has 0 saturated carbocycles. The molecule has 0 aliphatic heterocycles. The Morgan fingerprint density at radius 3 is 2.11 bits per heavy atom. The second-order valence-electron chi connectivity index (χ2n) is 6.49. The van der Waals surface area contributed by atoms with Crippen LogP contribution in [0, 0.1) is 11.8 Å². The van der Waals surface area contributed by atoms with Crippen LogP contribution in [0.15, 0.2) is 60.7 Å². The average Bonchev–Trinajstić information content (AvgIpc) is 2.71. The first-order chi connectivity index (χ1) is 13.3. The van der Waals surface area contributed by atoms with E-state index >= 15 is 0 Å². The molecule has 0 fully saturated rings. The molecule has 138 valence electrons. The summed E-state index contributed by atoms with van der Waals surface area (Å²) in [6.07, 6.45) is 3.52. The van der Waals surface area contributed by atoms with E-state index in [1.807, 2.05) is 37.3 Å². The molecule has 0 N–H and O–H groups in total. The van der Waals surface area contributed by atoms with Crippen molar-refractivity contribution in [2.45, 2.75) is 33.1 Å². The molecule has 0 unspecified atom stereocenters. The molecule has 0 radical (unpaired) electrons. The van der Waals surface area contributed by atoms with Crippen molar-refractivity contribution in [2.24, 2.45) is 0 Å². The molecule has 2 heteroatoms. The normalized spacial score (nSPS) is 10.3. The summed E-state index contributed by atoms with van der Waals surface area (Å²) in [5, 5.41) is 2.33. The van der Waals surface area contributed by atoms with Crippen molar-refractivity contribution >= 4 is 10.8 Å². The summed E-state index contributed by atoms with van der Waals surface area (Å²) < 4.78 is 11.3. The quantitative estimate of drug-likeness (QED) is 0.369. The second-order valence-corrected chi connectivity index (χ2v) is 6.49. The van der Waals surface area contributed by atoms with Gasteiger partial charge in [-0.2, -0.15) is 0 Å². The molecular formula is C25H26O2. The van der Waals surface area contributed by atoms with Gasteiger partial charge in [-0.1, -0.05) is 43.7 Å². The van der Waals surface area contributed by atoms with Gasteiger partial charge in [0.25, 0.3) is 0 Å². The predicted octanol–water partition coefficient (Wildman–Crippen LogP) is 6.21. The van der Waals surface area contributed by atoms with Gasteiger partial charge in [-0.05, 0) is 72.6 Å². The van der Waals surface area contributed by atoms with Gasteiger partial charge in [-0.3, -0.25) is 0 Å². The van der Waals surface area contributed by atoms with Crippen molar-refractivity contribution in [1.29, 1.82) is 0 Å². The van der Waals surface area contributed by atoms with Gasteiger partial charge >= 0.3 is 0 Å². The van der Waals surface area contributed by atoms with Gasteiger partial charge in [0.15, 0.2) is 0 Å². The first-order valence-electron chi connectivity index (χ1n) is 9.70. The molecule has 0 aliphatic rings. The minimum absolute atomic E-state index is 0.678. The highest BCUT2D eigenvalue weighted by Crippen LogP contribution is 2.22. The highest BCUT2D eigenvalue weighted by molar-refractivity contribution is 5.85. The van der Waals surface area contributed by atoms with Crippen LogP contribution in [0.4, 0.5) is 0 Å². The summed E-state index contributed by atoms with van der Waals surface area (Å²) in [5.74, 6) is 8.29. The lowest BCUT2D eigenvalue weighted by molar-refractivity contribution is 0.306. The fourth-order valence-electron chi connectivity index (χ4n) is 2.88. The molecule has 0 amide bonds. The van der Waals surface area contributed by atoms with Crippen LogP contribution in [0.2, 0.25) is 0 Å². The Bertz CT molecular complexity index is 930. The maximum atomic E-state index is 5.74. The van der Waals surface area contributed by atoms with E-state index in [1.165, 1.54) is 18.2 Å². The van der Waals surface area contributed by atoms with E-state index in [4.69, 9.17) is 9.47 Å². The van der Waals surface area contributed by atoms with E-state index in [1.54, 1.807) is 0 Å². The van der Waals surface area contributed by atoms with Crippen LogP contribution in [0.1, 0.15) is 44.2 Å². The van der Waals surface area contributed by atoms with Crippen molar-refractivity contribution in [3.8, 4) is 23.3 Å². The zero-order chi connectivity index (χ0) is 18.9. The van der Waals surface area contributed by atoms with Crippen LogP contribution in [0.3, 0.4) is 0 Å². The lowest BCUT2D eigenvalue weighted by Gasteiger charge is -2.05. The third-order valence-corrected chi connectivity index (χ3v) is 4.34. The van der Waals surface area contributed by atoms with E-state index in [9.17, 15) is 0 Å². The van der Waals surface area contributed by atoms with Gasteiger partial charge in [0.1, 0.15) is 11.5 Å². The molecule has 0 heterocycles. The molecule has 0 aliphatic carbocycles. The summed E-state index contributed by atoms with van der Waals surface area (Å²) in [5.41, 5.74) is 1.99. The maximum Gasteiger partial charge on any atom is 0.119 e. The molecule has 3 rings (SSSR count). The van der Waals surface area contributed by atoms with Gasteiger partial charge < -0.3 is 9.47 Å². The smallest absolute Gasteiger partial charge is 0.119 e. The average molecular weight is 358 g/mol. The summed E-state index contributed by atoms with van der Waals surface area (Å²) in [7, 11) is 0. The number of hydrogen-bond acceptors (Lipinski definition) is 2. The predicted molar refractivity (Wildman–Crippen MR) is 113 cm³/mol. The SMILES string of the molecule is CCCCCOc1ccc(C#Cc2ccc3cc(OCC)ccc3c2)cc1. The molecule has 3 aromatic carbocycles. The minimum atomic E-state index is 0.678. The van der Waals surface area contributed by atoms with Crippen molar-refractivity contribution in [3.63, 3.8) is 0 Å². The number of hydrogen-bond donors (Lipinski definition) is 0. The molecule has 0 atom stereocenters. The molecule has 3 aromatic rings. The molecule has 27 heavy (non-hydrogen) atoms. The van der Waals surface area contributed by atoms with Crippen LogP contribution in [0.25, 0.3) is 10.8 Å². The van der Waals surface area contributed by atoms with Crippen LogP contribution in [-0.4, -0.2) is 13.2 Å². The Kier molecular flexibility index (Phi) is 6.77. The van der Waals surface area contributed by atoms with Crippen LogP contribution in [-0.2, 0) is 0 Å². The van der Waals surface area contributed by atoms with Gasteiger partial charge in [0.2, 0.25) is 0 Å². The Hall–Kier alpha value is -2.92. The topological polar surface area (TPSA) is 18.5 Å². The summed E-state index contributed by atoms with van der Waals surface area (Å²) >= 11 is 0. The Labute approximate surface area is 162 Å². The third-order valence-electron chi connectivity index (χ3n) is 4.34. The van der Waals surface area contributed by atoms with Crippen molar-refractivity contribution in [3.05, 3.63) is 71.8 Å². The van der Waals surface area contributed by atoms with Gasteiger partial charge in [-0.25, -0.2) is 0 Å². The molecule has 2 nitrogen and oxygen atoms in total. The number of ether oxygens (including phenoxy) is 2. The highest BCUT2D eigenvalue weighted by Gasteiger charge is 1.98. The van der Waals surface area contributed by atoms with Crippen molar-refractivity contribution in [1.82, 2.24) is 0 Å². The maximum absolute atomic E-state index is 5.74. The molecule has 0 saturated heterocycles. The number of unbranched alkanes of at least 4 members (excludes halogenated alkanes) is 2. The van der Waals surface area contributed by atoms with E-state index in [0.29, 0.717) is 6.61 Å². The van der Waals surface area contributed by atoms with Crippen LogP contribution >= 0.6 is 0 Å². The first-order valence-corrected chi connectivity index (χ1v) is 9.70. The largest absolute Gasteiger partial charge is 0.494 e. The number of fused-ring (bicyclic) bond motifs is 1. The van der Waals surface area contributed by atoms with E-state index in [2.05, 4.69) is 49.1 Å². The fourth-order valence-corrected chi connectivity index (χ4v) is 2.88. The van der Waals surface area contributed by atoms with E-state index in [0.717, 1.165) is 41.0 Å². The summed E-state index contributed by atoms with van der Waals surface area (Å²) in [6.45, 7) is 5.65. The van der Waals surface area contributed by atoms with Gasteiger partial charge in [0, 0.05) is 11.1 Å². The Morgan fingerprint density at radius 1 is 0.667 bits per heavy atom. The van der Waals surface area contributed by atoms with E-state index in [-0.39, 0.29) is 0 Å². The summed E-state index contributed by atoms with van der Waals surface area (Å²) in [6, 6.07) is 20.4. The third kappa shape index (κ3) is 5.53. The zero-order valence-electron chi connectivity index (χ0n) is 16.1. The Balaban J connectivity index is 1.66. The lowest BCUT2D eigenvalue weighted by Crippen LogP contribution is -1.96. The lowest BCUT2D eigenvalue weighted by atomic mass is 10.1. The fraction of sp³-hybridized carbons (Fsp3) is 0.280. The first kappa shape index (κ1) is 18.9. The van der Waals surface area contributed by atoms with Crippen LogP contribution < -0.4 is 9.47 Å². The second kappa shape index (κ2) is 9.69. The standard InChI is InChI=1S/C25H26O2/c1-3-5-6-17-27-24-14-10-20(11-15-24)7-8-21-9-12-23-19-25(26-4-2)16-13-22(23)18-21/h9-16,18-19H,3-6,17H2,1-2H3. The minimum Gasteiger partial charge on any atom is -0.494 e. The molecule has 0 aromatic heterocycles. The van der Waals surface area contributed by atoms with Crippen molar-refractivity contribution in [2.75, 3.05) is 13.2 Å². The highest BCUT2D eigenvalue weighted by atomic mass is 16.5. The number of benzene rings is 3. The summed E-state index contributed by atoms with van der Waals surface area (Å²) in [4.78, 5) is 0. The molecule has 0 bridgehead atoms. The monoisotopic (exact) mass is 358 g/mol. The van der Waals surface area contributed by atoms with Crippen LogP contribution in [0.5, 0.6) is 11.5 Å². The molecular weight excluding hydrogens is 332 g/mol. The number of rotatable bonds is 7. The zero-order valence-corrected chi connectivity index (χ0v) is 16.1. The van der Waals surface area contributed by atoms with Gasteiger partial charge in [-0.15, -0.1) is 0 Å².